The van der Waals surface area contributed by atoms with Crippen molar-refractivity contribution in [2.45, 2.75) is 182 Å². The first-order valence-electron chi connectivity index (χ1n) is 19.4. The lowest BCUT2D eigenvalue weighted by Gasteiger charge is -2.44. The van der Waals surface area contributed by atoms with E-state index in [4.69, 9.17) is 13.6 Å². The second-order valence-electron chi connectivity index (χ2n) is 15.4. The lowest BCUT2D eigenvalue weighted by Crippen LogP contribution is -2.53. The largest absolute Gasteiger partial charge is 0.458 e. The summed E-state index contributed by atoms with van der Waals surface area (Å²) in [6.07, 6.45) is 0.938. The molecule has 0 bridgehead atoms. The molecule has 1 fully saturated rings. The molecule has 1 N–H and O–H groups in total. The zero-order chi connectivity index (χ0) is 38.6. The molecule has 2 rings (SSSR count). The highest BCUT2D eigenvalue weighted by atomic mass is 32.1. The summed E-state index contributed by atoms with van der Waals surface area (Å²) in [5.41, 5.74) is 10.00. The highest BCUT2D eigenvalue weighted by Gasteiger charge is 2.48. The van der Waals surface area contributed by atoms with Crippen molar-refractivity contribution in [3.05, 3.63) is 32.1 Å². The van der Waals surface area contributed by atoms with Crippen LogP contribution >= 0.6 is 11.3 Å². The summed E-state index contributed by atoms with van der Waals surface area (Å²) >= 11 is 1.53. The molecule has 0 saturated carbocycles. The Balaban J connectivity index is 2.74. The number of carbonyl (C=O) groups is 2. The molecule has 1 aliphatic heterocycles. The molecule has 1 saturated heterocycles. The van der Waals surface area contributed by atoms with Crippen LogP contribution in [0.3, 0.4) is 0 Å². The molecule has 1 aliphatic rings. The monoisotopic (exact) mass is 764 g/mol. The maximum atomic E-state index is 14.9. The van der Waals surface area contributed by atoms with E-state index in [-0.39, 0.29) is 30.6 Å². The summed E-state index contributed by atoms with van der Waals surface area (Å²) in [4.78, 5) is 36.7. The van der Waals surface area contributed by atoms with Gasteiger partial charge in [0.25, 0.3) is 0 Å². The van der Waals surface area contributed by atoms with Crippen LogP contribution in [0.4, 0.5) is 0 Å². The first-order chi connectivity index (χ1) is 24.0. The highest BCUT2D eigenvalue weighted by molar-refractivity contribution is 7.09. The predicted molar refractivity (Wildman–Crippen MR) is 214 cm³/mol. The van der Waals surface area contributed by atoms with Crippen LogP contribution in [0.25, 0.3) is 16.5 Å². The van der Waals surface area contributed by atoms with E-state index >= 15 is 0 Å². The molecule has 1 unspecified atom stereocenters. The number of aryl methyl sites for hydroxylation is 1. The van der Waals surface area contributed by atoms with Gasteiger partial charge in [0.1, 0.15) is 11.9 Å². The zero-order valence-electron chi connectivity index (χ0n) is 33.7. The van der Waals surface area contributed by atoms with Crippen molar-refractivity contribution in [2.75, 3.05) is 0 Å². The quantitative estimate of drug-likeness (QED) is 0.0692. The minimum Gasteiger partial charge on any atom is -0.458 e. The van der Waals surface area contributed by atoms with Gasteiger partial charge >= 0.3 is 5.97 Å². The van der Waals surface area contributed by atoms with Gasteiger partial charge in [0.2, 0.25) is 0 Å². The number of azide groups is 1. The van der Waals surface area contributed by atoms with Gasteiger partial charge in [0.15, 0.2) is 16.6 Å². The molecular formula is C38H68N4O6SSi2. The van der Waals surface area contributed by atoms with E-state index in [1.807, 2.05) is 46.1 Å². The zero-order valence-corrected chi connectivity index (χ0v) is 36.5. The number of hydrogen-bond acceptors (Lipinski definition) is 9. The summed E-state index contributed by atoms with van der Waals surface area (Å²) < 4.78 is 20.5. The number of thiazole rings is 1. The number of carbonyl (C=O) groups excluding carboxylic acids is 2. The molecule has 0 aromatic carbocycles. The fraction of sp³-hybridized carbons (Fsp3) is 0.816. The fourth-order valence-electron chi connectivity index (χ4n) is 7.67. The second-order valence-corrected chi connectivity index (χ2v) is 25.9. The molecule has 2 heterocycles. The number of nitrogens with zero attached hydrogens (tertiary/aromatic N) is 4. The number of ether oxygens (including phenoxy) is 1. The Morgan fingerprint density at radius 1 is 1.06 bits per heavy atom. The summed E-state index contributed by atoms with van der Waals surface area (Å²) in [5.74, 6) is -0.864. The van der Waals surface area contributed by atoms with Crippen LogP contribution in [0, 0.1) is 24.2 Å². The molecule has 0 radical (unpaired) electrons. The first-order valence-corrected chi connectivity index (χ1v) is 25.4. The van der Waals surface area contributed by atoms with E-state index in [0.29, 0.717) is 12.8 Å². The number of cyclic esters (lactones) is 1. The fourth-order valence-corrected chi connectivity index (χ4v) is 14.2. The molecule has 0 spiro atoms. The smallest absolute Gasteiger partial charge is 0.309 e. The third-order valence-corrected chi connectivity index (χ3v) is 22.0. The van der Waals surface area contributed by atoms with E-state index in [0.717, 1.165) is 59.0 Å². The molecule has 7 atom stereocenters. The number of aromatic nitrogens is 1. The summed E-state index contributed by atoms with van der Waals surface area (Å²) in [7, 11) is -4.41. The van der Waals surface area contributed by atoms with Crippen LogP contribution in [0.15, 0.2) is 16.1 Å². The molecule has 13 heteroatoms. The third-order valence-electron chi connectivity index (χ3n) is 12.0. The molecule has 1 aromatic rings. The van der Waals surface area contributed by atoms with E-state index < -0.39 is 58.3 Å². The normalized spacial score (nSPS) is 27.9. The van der Waals surface area contributed by atoms with Gasteiger partial charge in [-0.1, -0.05) is 80.8 Å². The number of hydrogen-bond donors (Lipinski definition) is 1. The molecule has 1 aromatic heterocycles. The summed E-state index contributed by atoms with van der Waals surface area (Å²) in [6, 6.07) is 4.69. The summed E-state index contributed by atoms with van der Waals surface area (Å²) in [6.45, 7) is 24.8. The number of Topliss-reactive ketones (excluding diaryl/α,β-unsaturated/α-hetero) is 1. The Kier molecular flexibility index (Phi) is 18.3. The van der Waals surface area contributed by atoms with E-state index in [1.165, 1.54) is 11.3 Å². The van der Waals surface area contributed by atoms with Gasteiger partial charge in [0.05, 0.1) is 41.5 Å². The van der Waals surface area contributed by atoms with Crippen molar-refractivity contribution in [3.8, 4) is 0 Å². The van der Waals surface area contributed by atoms with Crippen LogP contribution in [-0.4, -0.2) is 68.9 Å². The Labute approximate surface area is 314 Å². The SMILES string of the molecule is CC[Si](CC)(CC)O[C@H]1[C@@H](C)CCC[C@H](O)[C@@H](N=[N+]=[N-])CC(/C(C)=C/c2csc(C)n2)OC(=O)C[C@H](O[Si](CC)(CC)CC)C(C)(C)C(=O)[C@@H]1C. The first kappa shape index (κ1) is 45.3. The van der Waals surface area contributed by atoms with Gasteiger partial charge in [-0.2, -0.15) is 0 Å². The van der Waals surface area contributed by atoms with Gasteiger partial charge in [-0.15, -0.1) is 11.3 Å². The van der Waals surface area contributed by atoms with E-state index in [1.54, 1.807) is 0 Å². The minimum absolute atomic E-state index is 0.0357. The van der Waals surface area contributed by atoms with Crippen molar-refractivity contribution >= 4 is 45.8 Å². The molecule has 51 heavy (non-hydrogen) atoms. The molecule has 10 nitrogen and oxygen atoms in total. The number of aliphatic hydroxyl groups is 1. The van der Waals surface area contributed by atoms with Crippen LogP contribution in [-0.2, 0) is 23.2 Å². The van der Waals surface area contributed by atoms with Gasteiger partial charge in [-0.25, -0.2) is 4.98 Å². The van der Waals surface area contributed by atoms with Crippen LogP contribution in [0.2, 0.25) is 36.3 Å². The third kappa shape index (κ3) is 12.1. The maximum absolute atomic E-state index is 14.9. The maximum Gasteiger partial charge on any atom is 0.309 e. The van der Waals surface area contributed by atoms with Crippen molar-refractivity contribution in [1.82, 2.24) is 4.98 Å². The minimum atomic E-state index is -2.29. The van der Waals surface area contributed by atoms with Crippen molar-refractivity contribution in [2.24, 2.45) is 22.4 Å². The Morgan fingerprint density at radius 3 is 2.14 bits per heavy atom. The second kappa shape index (κ2) is 20.6. The van der Waals surface area contributed by atoms with E-state index in [2.05, 4.69) is 63.5 Å². The van der Waals surface area contributed by atoms with Gasteiger partial charge in [-0.3, -0.25) is 9.59 Å². The van der Waals surface area contributed by atoms with Gasteiger partial charge in [0, 0.05) is 21.6 Å². The number of aliphatic hydroxyl groups excluding tert-OH is 1. The van der Waals surface area contributed by atoms with Crippen molar-refractivity contribution < 1.29 is 28.3 Å². The Hall–Kier alpha value is -1.87. The van der Waals surface area contributed by atoms with Crippen LogP contribution in [0.1, 0.15) is 119 Å². The molecule has 0 aliphatic carbocycles. The Bertz CT molecular complexity index is 1320. The number of esters is 1. The predicted octanol–water partition coefficient (Wildman–Crippen LogP) is 10.4. The van der Waals surface area contributed by atoms with Crippen LogP contribution < -0.4 is 0 Å². The number of ketones is 1. The van der Waals surface area contributed by atoms with Crippen molar-refractivity contribution in [3.63, 3.8) is 0 Å². The molecule has 290 valence electrons. The van der Waals surface area contributed by atoms with Gasteiger partial charge in [-0.05, 0) is 92.5 Å². The van der Waals surface area contributed by atoms with Crippen molar-refractivity contribution in [1.29, 1.82) is 0 Å². The molecular weight excluding hydrogens is 697 g/mol. The average molecular weight is 765 g/mol. The highest BCUT2D eigenvalue weighted by Crippen LogP contribution is 2.40. The average Bonchev–Trinajstić information content (AvgIpc) is 3.53. The Morgan fingerprint density at radius 2 is 1.63 bits per heavy atom. The summed E-state index contributed by atoms with van der Waals surface area (Å²) in [5, 5.41) is 18.3. The molecule has 0 amide bonds. The topological polar surface area (TPSA) is 144 Å². The van der Waals surface area contributed by atoms with Gasteiger partial charge < -0.3 is 18.7 Å². The van der Waals surface area contributed by atoms with E-state index in [9.17, 15) is 20.2 Å². The van der Waals surface area contributed by atoms with Crippen LogP contribution in [0.5, 0.6) is 0 Å². The lowest BCUT2D eigenvalue weighted by atomic mass is 9.73. The lowest BCUT2D eigenvalue weighted by molar-refractivity contribution is -0.154. The standard InChI is InChI=1S/C38H68N4O6SSi2/c1-13-50(14-2,15-3)47-34-24-35(44)46-33(27(8)22-30-25-49-29(10)40-30)23-31(41-42-39)32(43)21-19-20-26(7)36(28(9)37(45)38(34,11)12)48-51(16-4,17-5)18-6/h22,25-26,28,31-34,36,43H,13-21,23-24H2,1-12H3/b27-22+/t26-,28+,31-,32-,33?,34-,36-/m0/s1. The number of rotatable bonds is 13.